The van der Waals surface area contributed by atoms with Gasteiger partial charge in [-0.3, -0.25) is 0 Å². The molecule has 0 aliphatic heterocycles. The van der Waals surface area contributed by atoms with Crippen LogP contribution in [0.25, 0.3) is 12.0 Å². The maximum absolute atomic E-state index is 12.2. The van der Waals surface area contributed by atoms with E-state index >= 15 is 0 Å². The molecule has 0 fully saturated rings. The van der Waals surface area contributed by atoms with Crippen LogP contribution in [0, 0.1) is 0 Å². The van der Waals surface area contributed by atoms with Gasteiger partial charge in [-0.2, -0.15) is 0 Å². The molecule has 19 heavy (non-hydrogen) atoms. The van der Waals surface area contributed by atoms with E-state index in [2.05, 4.69) is 6.58 Å². The van der Waals surface area contributed by atoms with E-state index in [-0.39, 0.29) is 0 Å². The second kappa shape index (κ2) is 6.04. The SMILES string of the molecule is C=c1s/c(=C/S(=O)c2ccccc2)c(OC)c1OC. The van der Waals surface area contributed by atoms with Crippen LogP contribution >= 0.6 is 11.3 Å². The van der Waals surface area contributed by atoms with Gasteiger partial charge in [-0.15, -0.1) is 11.3 Å². The van der Waals surface area contributed by atoms with Crippen molar-refractivity contribution < 1.29 is 13.7 Å². The van der Waals surface area contributed by atoms with E-state index in [0.717, 1.165) is 14.0 Å². The molecule has 0 aliphatic carbocycles. The predicted molar refractivity (Wildman–Crippen MR) is 79.5 cm³/mol. The highest BCUT2D eigenvalue weighted by atomic mass is 32.2. The van der Waals surface area contributed by atoms with E-state index < -0.39 is 10.8 Å². The first-order valence-corrected chi connectivity index (χ1v) is 7.57. The first-order valence-electron chi connectivity index (χ1n) is 5.54. The number of thiophene rings is 1. The summed E-state index contributed by atoms with van der Waals surface area (Å²) in [5.74, 6) is 1.19. The Labute approximate surface area is 118 Å². The second-order valence-corrected chi connectivity index (χ2v) is 6.12. The monoisotopic (exact) mass is 294 g/mol. The Balaban J connectivity index is 2.50. The van der Waals surface area contributed by atoms with Crippen molar-refractivity contribution in [1.29, 1.82) is 0 Å². The smallest absolute Gasteiger partial charge is 0.180 e. The van der Waals surface area contributed by atoms with Crippen LogP contribution in [0.3, 0.4) is 0 Å². The minimum Gasteiger partial charge on any atom is -0.491 e. The molecule has 0 N–H and O–H groups in total. The summed E-state index contributed by atoms with van der Waals surface area (Å²) in [5, 5.41) is 1.66. The molecule has 0 spiro atoms. The molecular formula is C14H14O3S2. The van der Waals surface area contributed by atoms with Gasteiger partial charge in [-0.05, 0) is 12.1 Å². The predicted octanol–water partition coefficient (Wildman–Crippen LogP) is 1.72. The third-order valence-corrected chi connectivity index (χ3v) is 4.80. The van der Waals surface area contributed by atoms with E-state index in [1.54, 1.807) is 19.6 Å². The Kier molecular flexibility index (Phi) is 4.39. The molecular weight excluding hydrogens is 280 g/mol. The van der Waals surface area contributed by atoms with Crippen LogP contribution in [-0.2, 0) is 10.8 Å². The van der Waals surface area contributed by atoms with Gasteiger partial charge < -0.3 is 9.47 Å². The van der Waals surface area contributed by atoms with Gasteiger partial charge in [0.25, 0.3) is 0 Å². The molecule has 1 aromatic carbocycles. The summed E-state index contributed by atoms with van der Waals surface area (Å²) in [6.07, 6.45) is 0. The first-order chi connectivity index (χ1) is 9.17. The highest BCUT2D eigenvalue weighted by Crippen LogP contribution is 2.20. The van der Waals surface area contributed by atoms with Crippen molar-refractivity contribution in [2.24, 2.45) is 0 Å². The third kappa shape index (κ3) is 2.88. The van der Waals surface area contributed by atoms with Crippen LogP contribution < -0.4 is 18.5 Å². The molecule has 0 radical (unpaired) electrons. The molecule has 1 unspecified atom stereocenters. The molecule has 0 amide bonds. The van der Waals surface area contributed by atoms with Gasteiger partial charge in [0, 0.05) is 10.3 Å². The minimum atomic E-state index is -1.22. The van der Waals surface area contributed by atoms with E-state index in [1.165, 1.54) is 11.3 Å². The van der Waals surface area contributed by atoms with E-state index in [4.69, 9.17) is 9.47 Å². The normalized spacial score (nSPS) is 13.3. The molecule has 2 aromatic rings. The van der Waals surface area contributed by atoms with Crippen LogP contribution in [0.1, 0.15) is 0 Å². The number of benzene rings is 1. The maximum Gasteiger partial charge on any atom is 0.180 e. The van der Waals surface area contributed by atoms with Gasteiger partial charge in [-0.1, -0.05) is 24.8 Å². The molecule has 0 saturated carbocycles. The Morgan fingerprint density at radius 1 is 1.16 bits per heavy atom. The van der Waals surface area contributed by atoms with Gasteiger partial charge in [0.2, 0.25) is 0 Å². The van der Waals surface area contributed by atoms with Crippen LogP contribution in [0.5, 0.6) is 11.5 Å². The van der Waals surface area contributed by atoms with Crippen LogP contribution in [-0.4, -0.2) is 18.4 Å². The summed E-state index contributed by atoms with van der Waals surface area (Å²) in [6, 6.07) is 9.27. The minimum absolute atomic E-state index is 0.585. The number of ether oxygens (including phenoxy) is 2. The van der Waals surface area contributed by atoms with Gasteiger partial charge in [0.15, 0.2) is 11.5 Å². The van der Waals surface area contributed by atoms with Crippen molar-refractivity contribution in [2.75, 3.05) is 14.2 Å². The molecule has 100 valence electrons. The largest absolute Gasteiger partial charge is 0.491 e. The number of hydrogen-bond acceptors (Lipinski definition) is 4. The summed E-state index contributed by atoms with van der Waals surface area (Å²) < 4.78 is 24.3. The average Bonchev–Trinajstić information content (AvgIpc) is 2.74. The lowest BCUT2D eigenvalue weighted by atomic mass is 10.4. The molecule has 3 nitrogen and oxygen atoms in total. The van der Waals surface area contributed by atoms with E-state index in [0.29, 0.717) is 11.5 Å². The molecule has 2 rings (SSSR count). The Morgan fingerprint density at radius 2 is 1.79 bits per heavy atom. The third-order valence-electron chi connectivity index (χ3n) is 2.51. The first kappa shape index (κ1) is 13.8. The maximum atomic E-state index is 12.2. The number of hydrogen-bond donors (Lipinski definition) is 0. The lowest BCUT2D eigenvalue weighted by Crippen LogP contribution is -2.02. The van der Waals surface area contributed by atoms with Crippen molar-refractivity contribution >= 4 is 34.1 Å². The molecule has 0 aliphatic rings. The van der Waals surface area contributed by atoms with Crippen molar-refractivity contribution in [3.05, 3.63) is 39.4 Å². The quantitative estimate of drug-likeness (QED) is 0.861. The lowest BCUT2D eigenvalue weighted by molar-refractivity contribution is 0.354. The van der Waals surface area contributed by atoms with E-state index in [1.807, 2.05) is 30.3 Å². The molecule has 1 aromatic heterocycles. The summed E-state index contributed by atoms with van der Waals surface area (Å²) in [6.45, 7) is 3.90. The Hall–Kier alpha value is -1.59. The molecule has 0 saturated heterocycles. The summed E-state index contributed by atoms with van der Waals surface area (Å²) >= 11 is 1.40. The molecule has 5 heteroatoms. The fourth-order valence-corrected chi connectivity index (χ4v) is 3.78. The standard InChI is InChI=1S/C14H14O3S2/c1-10-13(16-2)14(17-3)12(18-10)9-19(15)11-7-5-4-6-8-11/h4-9H,1H2,2-3H3/b12-9+. The van der Waals surface area contributed by atoms with Crippen LogP contribution in [0.15, 0.2) is 35.2 Å². The van der Waals surface area contributed by atoms with Crippen molar-refractivity contribution in [3.8, 4) is 11.5 Å². The fourth-order valence-electron chi connectivity index (χ4n) is 1.66. The zero-order chi connectivity index (χ0) is 13.8. The van der Waals surface area contributed by atoms with Crippen molar-refractivity contribution in [1.82, 2.24) is 0 Å². The second-order valence-electron chi connectivity index (χ2n) is 3.68. The van der Waals surface area contributed by atoms with Crippen LogP contribution in [0.4, 0.5) is 0 Å². The Morgan fingerprint density at radius 3 is 2.37 bits per heavy atom. The van der Waals surface area contributed by atoms with Gasteiger partial charge in [-0.25, -0.2) is 4.21 Å². The zero-order valence-corrected chi connectivity index (χ0v) is 12.3. The molecule has 1 atom stereocenters. The zero-order valence-electron chi connectivity index (χ0n) is 10.7. The van der Waals surface area contributed by atoms with Gasteiger partial charge in [0.05, 0.1) is 34.1 Å². The lowest BCUT2D eigenvalue weighted by Gasteiger charge is -2.01. The van der Waals surface area contributed by atoms with Gasteiger partial charge >= 0.3 is 0 Å². The van der Waals surface area contributed by atoms with Crippen LogP contribution in [0.2, 0.25) is 0 Å². The average molecular weight is 294 g/mol. The number of methoxy groups -OCH3 is 2. The summed E-state index contributed by atoms with van der Waals surface area (Å²) in [5.41, 5.74) is 0. The fraction of sp³-hybridized carbons (Fsp3) is 0.143. The molecule has 1 heterocycles. The van der Waals surface area contributed by atoms with Crippen molar-refractivity contribution in [2.45, 2.75) is 4.90 Å². The highest BCUT2D eigenvalue weighted by molar-refractivity contribution is 7.92. The number of rotatable bonds is 4. The Bertz CT molecular complexity index is 689. The van der Waals surface area contributed by atoms with Gasteiger partial charge in [0.1, 0.15) is 0 Å². The summed E-state index contributed by atoms with van der Waals surface area (Å²) in [4.78, 5) is 0.752. The van der Waals surface area contributed by atoms with E-state index in [9.17, 15) is 4.21 Å². The summed E-state index contributed by atoms with van der Waals surface area (Å²) in [7, 11) is 1.91. The highest BCUT2D eigenvalue weighted by Gasteiger charge is 2.11. The molecule has 0 bridgehead atoms. The van der Waals surface area contributed by atoms with Crippen molar-refractivity contribution in [3.63, 3.8) is 0 Å². The topological polar surface area (TPSA) is 35.5 Å².